The van der Waals surface area contributed by atoms with Gasteiger partial charge in [0, 0.05) is 12.5 Å². The highest BCUT2D eigenvalue weighted by Gasteiger charge is 2.42. The van der Waals surface area contributed by atoms with E-state index in [2.05, 4.69) is 5.32 Å². The van der Waals surface area contributed by atoms with E-state index in [1.807, 2.05) is 0 Å². The van der Waals surface area contributed by atoms with Gasteiger partial charge < -0.3 is 10.1 Å². The summed E-state index contributed by atoms with van der Waals surface area (Å²) in [5, 5.41) is 13.7. The van der Waals surface area contributed by atoms with Crippen LogP contribution in [-0.4, -0.2) is 22.4 Å². The average molecular weight is 340 g/mol. The fourth-order valence-corrected chi connectivity index (χ4v) is 2.87. The third-order valence-electron chi connectivity index (χ3n) is 4.31. The van der Waals surface area contributed by atoms with Crippen LogP contribution in [0.4, 0.5) is 11.4 Å². The Balaban J connectivity index is 1.88. The SMILES string of the molecule is Cc1c(NC(=O)C2(C)Cc3ccccc3C(=O)O2)cccc1[N+](=O)[O-]. The predicted molar refractivity (Wildman–Crippen MR) is 90.4 cm³/mol. The Hall–Kier alpha value is -3.22. The van der Waals surface area contributed by atoms with E-state index in [1.165, 1.54) is 19.1 Å². The molecule has 2 aromatic rings. The number of esters is 1. The van der Waals surface area contributed by atoms with Crippen LogP contribution in [-0.2, 0) is 16.0 Å². The zero-order valence-electron chi connectivity index (χ0n) is 13.7. The van der Waals surface area contributed by atoms with Crippen LogP contribution in [0.25, 0.3) is 0 Å². The molecule has 1 amide bonds. The van der Waals surface area contributed by atoms with Gasteiger partial charge in [-0.2, -0.15) is 0 Å². The number of nitrogens with one attached hydrogen (secondary N) is 1. The van der Waals surface area contributed by atoms with Crippen molar-refractivity contribution in [3.05, 3.63) is 69.3 Å². The second-order valence-electron chi connectivity index (χ2n) is 6.12. The number of rotatable bonds is 3. The quantitative estimate of drug-likeness (QED) is 0.526. The summed E-state index contributed by atoms with van der Waals surface area (Å²) >= 11 is 0. The molecule has 7 heteroatoms. The van der Waals surface area contributed by atoms with Gasteiger partial charge in [0.2, 0.25) is 0 Å². The van der Waals surface area contributed by atoms with Crippen LogP contribution in [0.5, 0.6) is 0 Å². The Morgan fingerprint density at radius 3 is 2.68 bits per heavy atom. The third kappa shape index (κ3) is 2.96. The molecule has 0 fully saturated rings. The number of nitro benzene ring substituents is 1. The topological polar surface area (TPSA) is 98.5 Å². The molecule has 25 heavy (non-hydrogen) atoms. The van der Waals surface area contributed by atoms with Gasteiger partial charge in [-0.1, -0.05) is 24.3 Å². The second-order valence-corrected chi connectivity index (χ2v) is 6.12. The first-order valence-electron chi connectivity index (χ1n) is 7.68. The molecule has 1 N–H and O–H groups in total. The number of carbonyl (C=O) groups is 2. The van der Waals surface area contributed by atoms with Gasteiger partial charge in [-0.25, -0.2) is 4.79 Å². The molecule has 1 heterocycles. The lowest BCUT2D eigenvalue weighted by Crippen LogP contribution is -2.49. The molecule has 0 spiro atoms. The molecule has 0 aromatic heterocycles. The molecule has 0 radical (unpaired) electrons. The summed E-state index contributed by atoms with van der Waals surface area (Å²) in [6, 6.07) is 11.4. The fourth-order valence-electron chi connectivity index (χ4n) is 2.87. The molecule has 128 valence electrons. The predicted octanol–water partition coefficient (Wildman–Crippen LogP) is 3.01. The minimum Gasteiger partial charge on any atom is -0.445 e. The van der Waals surface area contributed by atoms with Crippen molar-refractivity contribution in [2.45, 2.75) is 25.9 Å². The molecule has 1 aliphatic heterocycles. The Morgan fingerprint density at radius 2 is 1.96 bits per heavy atom. The maximum absolute atomic E-state index is 12.7. The van der Waals surface area contributed by atoms with Gasteiger partial charge in [0.05, 0.1) is 21.7 Å². The molecular weight excluding hydrogens is 324 g/mol. The first-order valence-corrected chi connectivity index (χ1v) is 7.68. The van der Waals surface area contributed by atoms with Crippen LogP contribution < -0.4 is 5.32 Å². The normalized spacial score (nSPS) is 18.9. The van der Waals surface area contributed by atoms with E-state index >= 15 is 0 Å². The highest BCUT2D eigenvalue weighted by molar-refractivity contribution is 6.03. The molecule has 0 saturated carbocycles. The monoisotopic (exact) mass is 340 g/mol. The van der Waals surface area contributed by atoms with E-state index in [0.29, 0.717) is 16.8 Å². The van der Waals surface area contributed by atoms with E-state index in [0.717, 1.165) is 5.56 Å². The molecule has 0 saturated heterocycles. The lowest BCUT2D eigenvalue weighted by molar-refractivity contribution is -0.385. The number of hydrogen-bond donors (Lipinski definition) is 1. The highest BCUT2D eigenvalue weighted by atomic mass is 16.6. The summed E-state index contributed by atoms with van der Waals surface area (Å²) < 4.78 is 5.37. The molecular formula is C18H16N2O5. The third-order valence-corrected chi connectivity index (χ3v) is 4.31. The lowest BCUT2D eigenvalue weighted by Gasteiger charge is -2.33. The van der Waals surface area contributed by atoms with Crippen molar-refractivity contribution in [3.63, 3.8) is 0 Å². The van der Waals surface area contributed by atoms with Crippen molar-refractivity contribution in [2.75, 3.05) is 5.32 Å². The van der Waals surface area contributed by atoms with Gasteiger partial charge in [0.1, 0.15) is 0 Å². The van der Waals surface area contributed by atoms with E-state index in [4.69, 9.17) is 4.74 Å². The zero-order valence-corrected chi connectivity index (χ0v) is 13.7. The Bertz CT molecular complexity index is 893. The smallest absolute Gasteiger partial charge is 0.339 e. The first kappa shape index (κ1) is 16.6. The van der Waals surface area contributed by atoms with Crippen molar-refractivity contribution >= 4 is 23.3 Å². The lowest BCUT2D eigenvalue weighted by atomic mass is 9.89. The number of benzene rings is 2. The summed E-state index contributed by atoms with van der Waals surface area (Å²) in [7, 11) is 0. The van der Waals surface area contributed by atoms with Gasteiger partial charge in [0.25, 0.3) is 11.6 Å². The number of nitro groups is 1. The van der Waals surface area contributed by atoms with Gasteiger partial charge in [-0.3, -0.25) is 14.9 Å². The summed E-state index contributed by atoms with van der Waals surface area (Å²) in [6.45, 7) is 3.08. The number of amides is 1. The van der Waals surface area contributed by atoms with E-state index in [-0.39, 0.29) is 12.1 Å². The molecule has 3 rings (SSSR count). The van der Waals surface area contributed by atoms with E-state index in [1.54, 1.807) is 37.3 Å². The number of nitrogens with zero attached hydrogens (tertiary/aromatic N) is 1. The summed E-state index contributed by atoms with van der Waals surface area (Å²) in [4.78, 5) is 35.4. The molecule has 1 atom stereocenters. The Morgan fingerprint density at radius 1 is 1.24 bits per heavy atom. The standard InChI is InChI=1S/C18H16N2O5/c1-11-14(8-5-9-15(11)20(23)24)19-17(22)18(2)10-12-6-3-4-7-13(12)16(21)25-18/h3-9H,10H2,1-2H3,(H,19,22). The van der Waals surface area contributed by atoms with Crippen LogP contribution in [0.1, 0.15) is 28.4 Å². The number of anilines is 1. The van der Waals surface area contributed by atoms with Crippen molar-refractivity contribution in [3.8, 4) is 0 Å². The van der Waals surface area contributed by atoms with Gasteiger partial charge in [-0.05, 0) is 31.5 Å². The van der Waals surface area contributed by atoms with Crippen molar-refractivity contribution in [1.29, 1.82) is 0 Å². The highest BCUT2D eigenvalue weighted by Crippen LogP contribution is 2.31. The largest absolute Gasteiger partial charge is 0.445 e. The van der Waals surface area contributed by atoms with Crippen molar-refractivity contribution in [2.24, 2.45) is 0 Å². The van der Waals surface area contributed by atoms with Crippen LogP contribution in [0.3, 0.4) is 0 Å². The van der Waals surface area contributed by atoms with Crippen LogP contribution in [0.15, 0.2) is 42.5 Å². The molecule has 1 aliphatic rings. The molecule has 2 aromatic carbocycles. The fraction of sp³-hybridized carbons (Fsp3) is 0.222. The van der Waals surface area contributed by atoms with Gasteiger partial charge in [-0.15, -0.1) is 0 Å². The van der Waals surface area contributed by atoms with Gasteiger partial charge in [0.15, 0.2) is 5.60 Å². The minimum absolute atomic E-state index is 0.0889. The van der Waals surface area contributed by atoms with E-state index < -0.39 is 22.4 Å². The summed E-state index contributed by atoms with van der Waals surface area (Å²) in [5.74, 6) is -1.09. The number of carbonyl (C=O) groups excluding carboxylic acids is 2. The Labute approximate surface area is 143 Å². The second kappa shape index (κ2) is 6.01. The number of fused-ring (bicyclic) bond motifs is 1. The number of ether oxygens (including phenoxy) is 1. The number of hydrogen-bond acceptors (Lipinski definition) is 5. The van der Waals surface area contributed by atoms with Crippen molar-refractivity contribution < 1.29 is 19.2 Å². The maximum atomic E-state index is 12.7. The van der Waals surface area contributed by atoms with Crippen molar-refractivity contribution in [1.82, 2.24) is 0 Å². The molecule has 1 unspecified atom stereocenters. The molecule has 0 bridgehead atoms. The first-order chi connectivity index (χ1) is 11.8. The number of cyclic esters (lactones) is 1. The zero-order chi connectivity index (χ0) is 18.2. The van der Waals surface area contributed by atoms with Gasteiger partial charge >= 0.3 is 5.97 Å². The average Bonchev–Trinajstić information content (AvgIpc) is 2.56. The van der Waals surface area contributed by atoms with Crippen LogP contribution in [0.2, 0.25) is 0 Å². The Kier molecular flexibility index (Phi) is 4.00. The summed E-state index contributed by atoms with van der Waals surface area (Å²) in [5.41, 5.74) is 0.352. The summed E-state index contributed by atoms with van der Waals surface area (Å²) in [6.07, 6.45) is 0.231. The molecule has 0 aliphatic carbocycles. The van der Waals surface area contributed by atoms with Crippen LogP contribution in [0, 0.1) is 17.0 Å². The molecule has 7 nitrogen and oxygen atoms in total. The van der Waals surface area contributed by atoms with E-state index in [9.17, 15) is 19.7 Å². The van der Waals surface area contributed by atoms with Crippen LogP contribution >= 0.6 is 0 Å². The minimum atomic E-state index is -1.39. The maximum Gasteiger partial charge on any atom is 0.339 e.